The quantitative estimate of drug-likeness (QED) is 0.839. The van der Waals surface area contributed by atoms with Crippen LogP contribution < -0.4 is 0 Å². The van der Waals surface area contributed by atoms with E-state index in [1.807, 2.05) is 0 Å². The van der Waals surface area contributed by atoms with Crippen molar-refractivity contribution in [3.05, 3.63) is 12.2 Å². The standard InChI is InChI=1S/C11H15N3O3/c15-10(16)11(3-4-11)14-7-12-13-9(14)8-1-5-17-6-2-8/h7-8H,1-6H2,(H,15,16). The first kappa shape index (κ1) is 10.7. The molecule has 0 atom stereocenters. The van der Waals surface area contributed by atoms with Crippen molar-refractivity contribution >= 4 is 5.97 Å². The Morgan fingerprint density at radius 2 is 2.18 bits per heavy atom. The Hall–Kier alpha value is -1.43. The summed E-state index contributed by atoms with van der Waals surface area (Å²) in [6.45, 7) is 1.44. The van der Waals surface area contributed by atoms with Crippen LogP contribution >= 0.6 is 0 Å². The van der Waals surface area contributed by atoms with E-state index in [0.29, 0.717) is 12.8 Å². The Labute approximate surface area is 98.6 Å². The zero-order valence-corrected chi connectivity index (χ0v) is 9.50. The van der Waals surface area contributed by atoms with Crippen LogP contribution in [-0.2, 0) is 15.1 Å². The van der Waals surface area contributed by atoms with Gasteiger partial charge in [0.25, 0.3) is 0 Å². The van der Waals surface area contributed by atoms with E-state index in [0.717, 1.165) is 31.9 Å². The molecule has 0 bridgehead atoms. The van der Waals surface area contributed by atoms with Gasteiger partial charge in [0.15, 0.2) is 0 Å². The van der Waals surface area contributed by atoms with E-state index in [1.165, 1.54) is 0 Å². The highest BCUT2D eigenvalue weighted by molar-refractivity contribution is 5.80. The highest BCUT2D eigenvalue weighted by Crippen LogP contribution is 2.45. The van der Waals surface area contributed by atoms with Crippen molar-refractivity contribution in [1.82, 2.24) is 14.8 Å². The highest BCUT2D eigenvalue weighted by Gasteiger charge is 2.53. The zero-order valence-electron chi connectivity index (χ0n) is 9.50. The molecular formula is C11H15N3O3. The molecule has 0 aromatic carbocycles. The number of hydrogen-bond acceptors (Lipinski definition) is 4. The summed E-state index contributed by atoms with van der Waals surface area (Å²) in [7, 11) is 0. The molecular weight excluding hydrogens is 222 g/mol. The first-order valence-electron chi connectivity index (χ1n) is 5.95. The lowest BCUT2D eigenvalue weighted by atomic mass is 9.99. The number of carboxylic acid groups (broad SMARTS) is 1. The number of carboxylic acids is 1. The molecule has 17 heavy (non-hydrogen) atoms. The second-order valence-electron chi connectivity index (χ2n) is 4.78. The summed E-state index contributed by atoms with van der Waals surface area (Å²) in [5.41, 5.74) is -0.767. The van der Waals surface area contributed by atoms with Crippen LogP contribution in [0.2, 0.25) is 0 Å². The molecule has 1 aromatic rings. The molecule has 6 heteroatoms. The van der Waals surface area contributed by atoms with E-state index in [1.54, 1.807) is 10.9 Å². The van der Waals surface area contributed by atoms with Gasteiger partial charge in [-0.15, -0.1) is 10.2 Å². The molecule has 1 saturated carbocycles. The van der Waals surface area contributed by atoms with Crippen molar-refractivity contribution < 1.29 is 14.6 Å². The second-order valence-corrected chi connectivity index (χ2v) is 4.78. The molecule has 0 amide bonds. The van der Waals surface area contributed by atoms with E-state index in [2.05, 4.69) is 10.2 Å². The SMILES string of the molecule is O=C(O)C1(n2cnnc2C2CCOCC2)CC1. The summed E-state index contributed by atoms with van der Waals surface area (Å²) in [6.07, 6.45) is 4.71. The monoisotopic (exact) mass is 237 g/mol. The lowest BCUT2D eigenvalue weighted by molar-refractivity contribution is -0.142. The first-order valence-corrected chi connectivity index (χ1v) is 5.95. The van der Waals surface area contributed by atoms with E-state index < -0.39 is 11.5 Å². The van der Waals surface area contributed by atoms with E-state index in [4.69, 9.17) is 4.74 Å². The van der Waals surface area contributed by atoms with Crippen molar-refractivity contribution in [2.45, 2.75) is 37.1 Å². The smallest absolute Gasteiger partial charge is 0.329 e. The molecule has 3 rings (SSSR count). The third kappa shape index (κ3) is 1.63. The molecule has 2 heterocycles. The van der Waals surface area contributed by atoms with Gasteiger partial charge in [-0.1, -0.05) is 0 Å². The van der Waals surface area contributed by atoms with Crippen LogP contribution in [0.25, 0.3) is 0 Å². The van der Waals surface area contributed by atoms with Gasteiger partial charge < -0.3 is 14.4 Å². The van der Waals surface area contributed by atoms with Crippen LogP contribution in [0.5, 0.6) is 0 Å². The van der Waals surface area contributed by atoms with Gasteiger partial charge in [-0.3, -0.25) is 0 Å². The van der Waals surface area contributed by atoms with E-state index in [-0.39, 0.29) is 5.92 Å². The van der Waals surface area contributed by atoms with Gasteiger partial charge in [0.2, 0.25) is 0 Å². The number of nitrogens with zero attached hydrogens (tertiary/aromatic N) is 3. The summed E-state index contributed by atoms with van der Waals surface area (Å²) >= 11 is 0. The van der Waals surface area contributed by atoms with Crippen molar-refractivity contribution in [1.29, 1.82) is 0 Å². The van der Waals surface area contributed by atoms with Gasteiger partial charge in [0, 0.05) is 19.1 Å². The molecule has 0 radical (unpaired) electrons. The van der Waals surface area contributed by atoms with Gasteiger partial charge in [-0.2, -0.15) is 0 Å². The summed E-state index contributed by atoms with van der Waals surface area (Å²) in [5, 5.41) is 17.3. The number of ether oxygens (including phenoxy) is 1. The first-order chi connectivity index (χ1) is 8.24. The van der Waals surface area contributed by atoms with E-state index >= 15 is 0 Å². The van der Waals surface area contributed by atoms with Crippen molar-refractivity contribution in [2.24, 2.45) is 0 Å². The fourth-order valence-corrected chi connectivity index (χ4v) is 2.48. The van der Waals surface area contributed by atoms with Crippen molar-refractivity contribution in [3.8, 4) is 0 Å². The Morgan fingerprint density at radius 1 is 1.47 bits per heavy atom. The normalized spacial score (nSPS) is 23.5. The fraction of sp³-hybridized carbons (Fsp3) is 0.727. The molecule has 0 spiro atoms. The molecule has 0 unspecified atom stereocenters. The average molecular weight is 237 g/mol. The van der Waals surface area contributed by atoms with Gasteiger partial charge in [-0.25, -0.2) is 4.79 Å². The fourth-order valence-electron chi connectivity index (χ4n) is 2.48. The second kappa shape index (κ2) is 3.80. The molecule has 92 valence electrons. The predicted molar refractivity (Wildman–Crippen MR) is 57.7 cm³/mol. The summed E-state index contributed by atoms with van der Waals surface area (Å²) < 4.78 is 7.08. The predicted octanol–water partition coefficient (Wildman–Crippen LogP) is 0.746. The third-order valence-corrected chi connectivity index (χ3v) is 3.74. The third-order valence-electron chi connectivity index (χ3n) is 3.74. The lowest BCUT2D eigenvalue weighted by Crippen LogP contribution is -2.30. The number of rotatable bonds is 3. The summed E-state index contributed by atoms with van der Waals surface area (Å²) in [6, 6.07) is 0. The largest absolute Gasteiger partial charge is 0.479 e. The summed E-state index contributed by atoms with van der Waals surface area (Å²) in [4.78, 5) is 11.3. The zero-order chi connectivity index (χ0) is 11.9. The maximum absolute atomic E-state index is 11.3. The number of carbonyl (C=O) groups is 1. The maximum Gasteiger partial charge on any atom is 0.329 e. The van der Waals surface area contributed by atoms with Crippen LogP contribution in [0.1, 0.15) is 37.4 Å². The molecule has 1 saturated heterocycles. The Kier molecular flexibility index (Phi) is 2.39. The molecule has 1 aromatic heterocycles. The summed E-state index contributed by atoms with van der Waals surface area (Å²) in [5.74, 6) is 0.321. The number of hydrogen-bond donors (Lipinski definition) is 1. The lowest BCUT2D eigenvalue weighted by Gasteiger charge is -2.23. The Balaban J connectivity index is 1.91. The molecule has 6 nitrogen and oxygen atoms in total. The molecule has 1 aliphatic heterocycles. The number of aliphatic carboxylic acids is 1. The maximum atomic E-state index is 11.3. The minimum absolute atomic E-state index is 0.281. The molecule has 1 N–H and O–H groups in total. The Morgan fingerprint density at radius 3 is 2.76 bits per heavy atom. The van der Waals surface area contributed by atoms with Crippen LogP contribution in [0.3, 0.4) is 0 Å². The minimum Gasteiger partial charge on any atom is -0.479 e. The van der Waals surface area contributed by atoms with Crippen LogP contribution in [0, 0.1) is 0 Å². The van der Waals surface area contributed by atoms with Gasteiger partial charge in [0.05, 0.1) is 0 Å². The van der Waals surface area contributed by atoms with Crippen molar-refractivity contribution in [2.75, 3.05) is 13.2 Å². The topological polar surface area (TPSA) is 77.2 Å². The Bertz CT molecular complexity index is 433. The number of aromatic nitrogens is 3. The van der Waals surface area contributed by atoms with Crippen LogP contribution in [0.15, 0.2) is 6.33 Å². The minimum atomic E-state index is -0.773. The highest BCUT2D eigenvalue weighted by atomic mass is 16.5. The molecule has 2 aliphatic rings. The van der Waals surface area contributed by atoms with Crippen LogP contribution in [-0.4, -0.2) is 39.1 Å². The van der Waals surface area contributed by atoms with Gasteiger partial charge >= 0.3 is 5.97 Å². The average Bonchev–Trinajstić information content (AvgIpc) is 3.02. The molecule has 2 fully saturated rings. The van der Waals surface area contributed by atoms with Gasteiger partial charge in [-0.05, 0) is 25.7 Å². The van der Waals surface area contributed by atoms with Crippen LogP contribution in [0.4, 0.5) is 0 Å². The van der Waals surface area contributed by atoms with Gasteiger partial charge in [0.1, 0.15) is 17.7 Å². The van der Waals surface area contributed by atoms with E-state index in [9.17, 15) is 9.90 Å². The molecule has 1 aliphatic carbocycles. The van der Waals surface area contributed by atoms with Crippen molar-refractivity contribution in [3.63, 3.8) is 0 Å².